The van der Waals surface area contributed by atoms with E-state index in [1.807, 2.05) is 6.92 Å². The fourth-order valence-corrected chi connectivity index (χ4v) is 1.86. The van der Waals surface area contributed by atoms with Crippen LogP contribution in [0.2, 0.25) is 5.02 Å². The maximum Gasteiger partial charge on any atom is 0.274 e. The second-order valence-corrected chi connectivity index (χ2v) is 5.04. The highest BCUT2D eigenvalue weighted by molar-refractivity contribution is 6.30. The molecule has 1 aromatic heterocycles. The van der Waals surface area contributed by atoms with Gasteiger partial charge >= 0.3 is 0 Å². The Hall–Kier alpha value is -2.14. The van der Waals surface area contributed by atoms with Crippen LogP contribution < -0.4 is 10.6 Å². The van der Waals surface area contributed by atoms with E-state index in [9.17, 15) is 4.79 Å². The molecule has 0 radical (unpaired) electrons. The number of nitrogens with one attached hydrogen (secondary N) is 2. The molecule has 1 amide bonds. The lowest BCUT2D eigenvalue weighted by Gasteiger charge is -2.08. The van der Waals surface area contributed by atoms with Crippen LogP contribution >= 0.6 is 11.6 Å². The van der Waals surface area contributed by atoms with Gasteiger partial charge in [0.2, 0.25) is 5.95 Å². The van der Waals surface area contributed by atoms with Crippen molar-refractivity contribution in [3.8, 4) is 0 Å². The molecule has 0 aliphatic carbocycles. The molecule has 0 aliphatic heterocycles. The molecule has 0 bridgehead atoms. The molecule has 2 rings (SSSR count). The third-order valence-electron chi connectivity index (χ3n) is 2.72. The van der Waals surface area contributed by atoms with Gasteiger partial charge in [-0.05, 0) is 43.7 Å². The first-order valence-corrected chi connectivity index (χ1v) is 7.12. The van der Waals surface area contributed by atoms with Gasteiger partial charge in [-0.25, -0.2) is 9.97 Å². The number of anilines is 2. The van der Waals surface area contributed by atoms with Crippen molar-refractivity contribution in [2.75, 3.05) is 17.2 Å². The highest BCUT2D eigenvalue weighted by Gasteiger charge is 2.10. The number of aromatic nitrogens is 2. The van der Waals surface area contributed by atoms with Gasteiger partial charge in [-0.2, -0.15) is 0 Å². The summed E-state index contributed by atoms with van der Waals surface area (Å²) in [5.41, 5.74) is 1.74. The van der Waals surface area contributed by atoms with Crippen molar-refractivity contribution in [2.45, 2.75) is 20.3 Å². The SMILES string of the molecule is CCCNc1nc(C)cc(C(=O)Nc2ccc(Cl)cc2)n1. The van der Waals surface area contributed by atoms with Crippen LogP contribution in [0.3, 0.4) is 0 Å². The lowest BCUT2D eigenvalue weighted by Crippen LogP contribution is -2.16. The first-order valence-electron chi connectivity index (χ1n) is 6.75. The van der Waals surface area contributed by atoms with E-state index in [1.165, 1.54) is 0 Å². The third kappa shape index (κ3) is 4.43. The second kappa shape index (κ2) is 7.04. The fourth-order valence-electron chi connectivity index (χ4n) is 1.73. The number of carbonyl (C=O) groups excluding carboxylic acids is 1. The minimum Gasteiger partial charge on any atom is -0.354 e. The van der Waals surface area contributed by atoms with Crippen molar-refractivity contribution < 1.29 is 4.79 Å². The maximum atomic E-state index is 12.2. The van der Waals surface area contributed by atoms with Gasteiger partial charge in [0.25, 0.3) is 5.91 Å². The predicted molar refractivity (Wildman–Crippen MR) is 85.0 cm³/mol. The minimum atomic E-state index is -0.276. The number of amides is 1. The van der Waals surface area contributed by atoms with E-state index in [2.05, 4.69) is 27.5 Å². The molecule has 0 atom stereocenters. The number of hydrogen-bond donors (Lipinski definition) is 2. The van der Waals surface area contributed by atoms with Gasteiger partial charge in [0.15, 0.2) is 0 Å². The zero-order valence-electron chi connectivity index (χ0n) is 12.0. The Labute approximate surface area is 128 Å². The van der Waals surface area contributed by atoms with Gasteiger partial charge in [0, 0.05) is 22.9 Å². The summed E-state index contributed by atoms with van der Waals surface area (Å²) in [5, 5.41) is 6.48. The molecule has 0 spiro atoms. The number of benzene rings is 1. The van der Waals surface area contributed by atoms with E-state index >= 15 is 0 Å². The Bertz CT molecular complexity index is 628. The maximum absolute atomic E-state index is 12.2. The molecule has 6 heteroatoms. The monoisotopic (exact) mass is 304 g/mol. The van der Waals surface area contributed by atoms with Gasteiger partial charge in [0.1, 0.15) is 5.69 Å². The summed E-state index contributed by atoms with van der Waals surface area (Å²) in [6, 6.07) is 8.57. The largest absolute Gasteiger partial charge is 0.354 e. The average Bonchev–Trinajstić information content (AvgIpc) is 2.47. The van der Waals surface area contributed by atoms with Gasteiger partial charge in [0.05, 0.1) is 0 Å². The van der Waals surface area contributed by atoms with Crippen LogP contribution in [0.15, 0.2) is 30.3 Å². The number of aryl methyl sites for hydroxylation is 1. The Balaban J connectivity index is 2.14. The molecule has 0 aliphatic rings. The third-order valence-corrected chi connectivity index (χ3v) is 2.97. The van der Waals surface area contributed by atoms with Crippen LogP contribution in [0.4, 0.5) is 11.6 Å². The Kier molecular flexibility index (Phi) is 5.11. The number of carbonyl (C=O) groups is 1. The summed E-state index contributed by atoms with van der Waals surface area (Å²) in [5.74, 6) is 0.195. The molecule has 2 N–H and O–H groups in total. The minimum absolute atomic E-state index is 0.276. The van der Waals surface area contributed by atoms with E-state index in [0.717, 1.165) is 18.7 Å². The molecule has 110 valence electrons. The second-order valence-electron chi connectivity index (χ2n) is 4.61. The summed E-state index contributed by atoms with van der Waals surface area (Å²) >= 11 is 5.81. The number of nitrogens with zero attached hydrogens (tertiary/aromatic N) is 2. The van der Waals surface area contributed by atoms with Crippen molar-refractivity contribution in [2.24, 2.45) is 0 Å². The van der Waals surface area contributed by atoms with Crippen molar-refractivity contribution >= 4 is 29.1 Å². The van der Waals surface area contributed by atoms with Gasteiger partial charge in [-0.15, -0.1) is 0 Å². The Morgan fingerprint density at radius 2 is 1.95 bits per heavy atom. The highest BCUT2D eigenvalue weighted by atomic mass is 35.5. The normalized spacial score (nSPS) is 10.2. The standard InChI is InChI=1S/C15H17ClN4O/c1-3-8-17-15-18-10(2)9-13(20-15)14(21)19-12-6-4-11(16)5-7-12/h4-7,9H,3,8H2,1-2H3,(H,19,21)(H,17,18,20). The van der Waals surface area contributed by atoms with Crippen molar-refractivity contribution in [3.63, 3.8) is 0 Å². The molecule has 0 fully saturated rings. The molecular formula is C15H17ClN4O. The fraction of sp³-hybridized carbons (Fsp3) is 0.267. The lowest BCUT2D eigenvalue weighted by atomic mass is 10.3. The number of halogens is 1. The molecule has 2 aromatic rings. The van der Waals surface area contributed by atoms with Crippen LogP contribution in [0, 0.1) is 6.92 Å². The van der Waals surface area contributed by atoms with Gasteiger partial charge < -0.3 is 10.6 Å². The first kappa shape index (κ1) is 15.3. The quantitative estimate of drug-likeness (QED) is 0.887. The molecule has 0 unspecified atom stereocenters. The summed E-state index contributed by atoms with van der Waals surface area (Å²) in [7, 11) is 0. The smallest absolute Gasteiger partial charge is 0.274 e. The van der Waals surface area contributed by atoms with Gasteiger partial charge in [-0.3, -0.25) is 4.79 Å². The molecular weight excluding hydrogens is 288 g/mol. The summed E-state index contributed by atoms with van der Waals surface area (Å²) in [6.45, 7) is 4.65. The van der Waals surface area contributed by atoms with E-state index in [4.69, 9.17) is 11.6 Å². The molecule has 1 aromatic carbocycles. The van der Waals surface area contributed by atoms with E-state index in [-0.39, 0.29) is 5.91 Å². The highest BCUT2D eigenvalue weighted by Crippen LogP contribution is 2.14. The van der Waals surface area contributed by atoms with E-state index < -0.39 is 0 Å². The van der Waals surface area contributed by atoms with Gasteiger partial charge in [-0.1, -0.05) is 18.5 Å². The van der Waals surface area contributed by atoms with Crippen LogP contribution in [-0.4, -0.2) is 22.4 Å². The summed E-state index contributed by atoms with van der Waals surface area (Å²) in [6.07, 6.45) is 0.962. The van der Waals surface area contributed by atoms with Crippen LogP contribution in [0.5, 0.6) is 0 Å². The topological polar surface area (TPSA) is 66.9 Å². The van der Waals surface area contributed by atoms with Crippen molar-refractivity contribution in [3.05, 3.63) is 46.7 Å². The van der Waals surface area contributed by atoms with Crippen LogP contribution in [0.25, 0.3) is 0 Å². The van der Waals surface area contributed by atoms with E-state index in [1.54, 1.807) is 30.3 Å². The predicted octanol–water partition coefficient (Wildman–Crippen LogP) is 3.51. The molecule has 0 saturated carbocycles. The molecule has 21 heavy (non-hydrogen) atoms. The Morgan fingerprint density at radius 1 is 1.24 bits per heavy atom. The molecule has 0 saturated heterocycles. The van der Waals surface area contributed by atoms with E-state index in [0.29, 0.717) is 22.4 Å². The van der Waals surface area contributed by atoms with Crippen LogP contribution in [0.1, 0.15) is 29.5 Å². The number of hydrogen-bond acceptors (Lipinski definition) is 4. The molecule has 1 heterocycles. The first-order chi connectivity index (χ1) is 10.1. The van der Waals surface area contributed by atoms with Crippen molar-refractivity contribution in [1.82, 2.24) is 9.97 Å². The zero-order chi connectivity index (χ0) is 15.2. The molecule has 5 nitrogen and oxygen atoms in total. The number of rotatable bonds is 5. The lowest BCUT2D eigenvalue weighted by molar-refractivity contribution is 0.102. The summed E-state index contributed by atoms with van der Waals surface area (Å²) in [4.78, 5) is 20.7. The van der Waals surface area contributed by atoms with Crippen LogP contribution in [-0.2, 0) is 0 Å². The Morgan fingerprint density at radius 3 is 2.62 bits per heavy atom. The average molecular weight is 305 g/mol. The van der Waals surface area contributed by atoms with Crippen molar-refractivity contribution in [1.29, 1.82) is 0 Å². The zero-order valence-corrected chi connectivity index (χ0v) is 12.7. The summed E-state index contributed by atoms with van der Waals surface area (Å²) < 4.78 is 0.